The number of rotatable bonds is 2. The summed E-state index contributed by atoms with van der Waals surface area (Å²) in [6.07, 6.45) is 0. The Hall–Kier alpha value is -2.67. The minimum absolute atomic E-state index is 0.0570. The molecule has 2 amide bonds. The highest BCUT2D eigenvalue weighted by Gasteiger charge is 2.33. The minimum atomic E-state index is -0.474. The molecule has 0 fully saturated rings. The van der Waals surface area contributed by atoms with Crippen molar-refractivity contribution in [2.75, 3.05) is 5.32 Å². The van der Waals surface area contributed by atoms with Crippen LogP contribution in [0.1, 0.15) is 20.7 Å². The molecule has 27 heavy (non-hydrogen) atoms. The molecular formula is C19H11Cl2N3O2S. The van der Waals surface area contributed by atoms with Gasteiger partial charge in [-0.2, -0.15) is 5.01 Å². The van der Waals surface area contributed by atoms with Gasteiger partial charge in [0.2, 0.25) is 0 Å². The van der Waals surface area contributed by atoms with Crippen molar-refractivity contribution in [1.82, 2.24) is 10.4 Å². The summed E-state index contributed by atoms with van der Waals surface area (Å²) in [5, 5.41) is 6.16. The average molecular weight is 416 g/mol. The third-order valence-corrected chi connectivity index (χ3v) is 4.74. The molecule has 2 N–H and O–H groups in total. The number of nitrogens with one attached hydrogen (secondary N) is 2. The number of thiocarbonyl (C=S) groups is 1. The van der Waals surface area contributed by atoms with Crippen LogP contribution in [0.2, 0.25) is 10.0 Å². The first-order valence-corrected chi connectivity index (χ1v) is 9.05. The van der Waals surface area contributed by atoms with Gasteiger partial charge in [-0.3, -0.25) is 15.0 Å². The van der Waals surface area contributed by atoms with E-state index in [-0.39, 0.29) is 5.11 Å². The van der Waals surface area contributed by atoms with Gasteiger partial charge in [-0.05, 0) is 47.9 Å². The minimum Gasteiger partial charge on any atom is -0.331 e. The number of anilines is 1. The van der Waals surface area contributed by atoms with E-state index in [9.17, 15) is 9.59 Å². The second kappa shape index (κ2) is 6.81. The maximum absolute atomic E-state index is 12.8. The van der Waals surface area contributed by atoms with Crippen LogP contribution in [0.15, 0.2) is 54.6 Å². The van der Waals surface area contributed by atoms with Crippen molar-refractivity contribution >= 4 is 68.8 Å². The predicted molar refractivity (Wildman–Crippen MR) is 110 cm³/mol. The van der Waals surface area contributed by atoms with Crippen molar-refractivity contribution in [3.05, 3.63) is 75.8 Å². The Balaban J connectivity index is 1.62. The number of carbonyl (C=O) groups is 2. The van der Waals surface area contributed by atoms with E-state index < -0.39 is 11.8 Å². The molecule has 0 aliphatic carbocycles. The molecule has 4 rings (SSSR count). The number of hydrogen-bond donors (Lipinski definition) is 2. The molecule has 1 aliphatic rings. The molecule has 134 valence electrons. The Bertz CT molecular complexity index is 1060. The molecule has 1 aliphatic heterocycles. The summed E-state index contributed by atoms with van der Waals surface area (Å²) in [5.41, 5.74) is 4.06. The second-order valence-electron chi connectivity index (χ2n) is 5.88. The lowest BCUT2D eigenvalue weighted by Gasteiger charge is -2.28. The van der Waals surface area contributed by atoms with Crippen LogP contribution in [0.4, 0.5) is 5.69 Å². The number of carbonyl (C=O) groups excluding carboxylic acids is 2. The van der Waals surface area contributed by atoms with E-state index in [1.54, 1.807) is 42.5 Å². The van der Waals surface area contributed by atoms with Gasteiger partial charge in [-0.25, -0.2) is 0 Å². The van der Waals surface area contributed by atoms with E-state index in [4.69, 9.17) is 35.4 Å². The van der Waals surface area contributed by atoms with Gasteiger partial charge in [0.15, 0.2) is 5.11 Å². The summed E-state index contributed by atoms with van der Waals surface area (Å²) in [5.74, 6) is -0.949. The van der Waals surface area contributed by atoms with Gasteiger partial charge in [0, 0.05) is 21.1 Å². The van der Waals surface area contributed by atoms with Gasteiger partial charge < -0.3 is 5.32 Å². The van der Waals surface area contributed by atoms with Crippen molar-refractivity contribution in [2.24, 2.45) is 0 Å². The third-order valence-electron chi connectivity index (χ3n) is 4.11. The van der Waals surface area contributed by atoms with E-state index in [0.717, 1.165) is 10.4 Å². The lowest BCUT2D eigenvalue weighted by molar-refractivity contribution is 0.0568. The fourth-order valence-electron chi connectivity index (χ4n) is 3.02. The van der Waals surface area contributed by atoms with E-state index in [2.05, 4.69) is 10.7 Å². The van der Waals surface area contributed by atoms with Crippen molar-refractivity contribution in [2.45, 2.75) is 0 Å². The number of imide groups is 1. The molecule has 0 bridgehead atoms. The SMILES string of the molecule is O=C1c2cccc3cccc(c23)C(=O)N1NC(=S)Nc1cc(Cl)cc(Cl)c1. The number of hydrogen-bond acceptors (Lipinski definition) is 3. The average Bonchev–Trinajstić information content (AvgIpc) is 2.62. The Morgan fingerprint density at radius 3 is 2.00 bits per heavy atom. The first-order chi connectivity index (χ1) is 12.9. The van der Waals surface area contributed by atoms with Gasteiger partial charge in [0.25, 0.3) is 11.8 Å². The lowest BCUT2D eigenvalue weighted by atomic mass is 9.95. The van der Waals surface area contributed by atoms with Crippen LogP contribution >= 0.6 is 35.4 Å². The van der Waals surface area contributed by atoms with Crippen LogP contribution < -0.4 is 10.7 Å². The van der Waals surface area contributed by atoms with Gasteiger partial charge >= 0.3 is 0 Å². The van der Waals surface area contributed by atoms with E-state index in [1.165, 1.54) is 0 Å². The fourth-order valence-corrected chi connectivity index (χ4v) is 3.75. The highest BCUT2D eigenvalue weighted by molar-refractivity contribution is 7.80. The van der Waals surface area contributed by atoms with Crippen molar-refractivity contribution < 1.29 is 9.59 Å². The molecule has 8 heteroatoms. The van der Waals surface area contributed by atoms with Crippen molar-refractivity contribution in [1.29, 1.82) is 0 Å². The normalized spacial score (nSPS) is 13.0. The van der Waals surface area contributed by atoms with Crippen LogP contribution in [0.25, 0.3) is 10.8 Å². The Labute approximate surface area is 169 Å². The standard InChI is InChI=1S/C19H11Cl2N3O2S/c20-11-7-12(21)9-13(8-11)22-19(27)23-24-17(25)14-5-1-3-10-4-2-6-15(16(10)14)18(24)26/h1-9H,(H2,22,23,27). The zero-order chi connectivity index (χ0) is 19.1. The molecule has 0 radical (unpaired) electrons. The summed E-state index contributed by atoms with van der Waals surface area (Å²) < 4.78 is 0. The van der Waals surface area contributed by atoms with E-state index in [0.29, 0.717) is 32.2 Å². The fraction of sp³-hybridized carbons (Fsp3) is 0. The topological polar surface area (TPSA) is 61.4 Å². The third kappa shape index (κ3) is 3.23. The maximum Gasteiger partial charge on any atom is 0.280 e. The van der Waals surface area contributed by atoms with Crippen LogP contribution in [0, 0.1) is 0 Å². The molecule has 3 aromatic carbocycles. The first kappa shape index (κ1) is 17.7. The number of amides is 2. The van der Waals surface area contributed by atoms with E-state index in [1.807, 2.05) is 12.1 Å². The first-order valence-electron chi connectivity index (χ1n) is 7.88. The smallest absolute Gasteiger partial charge is 0.280 e. The van der Waals surface area contributed by atoms with Crippen molar-refractivity contribution in [3.63, 3.8) is 0 Å². The van der Waals surface area contributed by atoms with Gasteiger partial charge in [-0.1, -0.05) is 47.5 Å². The molecule has 0 unspecified atom stereocenters. The van der Waals surface area contributed by atoms with Crippen LogP contribution in [-0.2, 0) is 0 Å². The molecule has 5 nitrogen and oxygen atoms in total. The van der Waals surface area contributed by atoms with Crippen LogP contribution in [0.3, 0.4) is 0 Å². The number of benzene rings is 3. The highest BCUT2D eigenvalue weighted by atomic mass is 35.5. The van der Waals surface area contributed by atoms with Crippen LogP contribution in [-0.4, -0.2) is 21.9 Å². The van der Waals surface area contributed by atoms with Crippen molar-refractivity contribution in [3.8, 4) is 0 Å². The second-order valence-corrected chi connectivity index (χ2v) is 7.16. The van der Waals surface area contributed by atoms with Gasteiger partial charge in [-0.15, -0.1) is 0 Å². The molecule has 0 aromatic heterocycles. The summed E-state index contributed by atoms with van der Waals surface area (Å²) in [4.78, 5) is 25.6. The quantitative estimate of drug-likeness (QED) is 0.471. The monoisotopic (exact) mass is 415 g/mol. The van der Waals surface area contributed by atoms with E-state index >= 15 is 0 Å². The summed E-state index contributed by atoms with van der Waals surface area (Å²) in [6.45, 7) is 0. The molecule has 0 atom stereocenters. The zero-order valence-corrected chi connectivity index (χ0v) is 16.0. The Morgan fingerprint density at radius 1 is 0.889 bits per heavy atom. The number of halogens is 2. The summed E-state index contributed by atoms with van der Waals surface area (Å²) >= 11 is 17.2. The summed E-state index contributed by atoms with van der Waals surface area (Å²) in [6, 6.07) is 15.5. The van der Waals surface area contributed by atoms with Gasteiger partial charge in [0.1, 0.15) is 0 Å². The molecule has 1 heterocycles. The largest absolute Gasteiger partial charge is 0.331 e. The summed E-state index contributed by atoms with van der Waals surface area (Å²) in [7, 11) is 0. The lowest BCUT2D eigenvalue weighted by Crippen LogP contribution is -2.52. The number of nitrogens with zero attached hydrogens (tertiary/aromatic N) is 1. The number of hydrazine groups is 1. The highest BCUT2D eigenvalue weighted by Crippen LogP contribution is 2.29. The molecular weight excluding hydrogens is 405 g/mol. The molecule has 0 saturated heterocycles. The molecule has 3 aromatic rings. The Morgan fingerprint density at radius 2 is 1.44 bits per heavy atom. The zero-order valence-electron chi connectivity index (χ0n) is 13.6. The Kier molecular flexibility index (Phi) is 4.47. The maximum atomic E-state index is 12.8. The van der Waals surface area contributed by atoms with Crippen LogP contribution in [0.5, 0.6) is 0 Å². The molecule has 0 saturated carbocycles. The molecule has 0 spiro atoms. The predicted octanol–water partition coefficient (Wildman–Crippen LogP) is 4.64. The van der Waals surface area contributed by atoms with Gasteiger partial charge in [0.05, 0.1) is 11.1 Å².